The third-order valence-electron chi connectivity index (χ3n) is 3.78. The van der Waals surface area contributed by atoms with Crippen LogP contribution in [0.2, 0.25) is 12.1 Å². The van der Waals surface area contributed by atoms with Gasteiger partial charge in [0.05, 0.1) is 0 Å². The topological polar surface area (TPSA) is 55.4 Å². The van der Waals surface area contributed by atoms with E-state index in [9.17, 15) is 8.78 Å². The van der Waals surface area contributed by atoms with Crippen molar-refractivity contribution in [2.75, 3.05) is 39.6 Å². The lowest BCUT2D eigenvalue weighted by atomic mass is 10.2. The molecule has 0 saturated heterocycles. The van der Waals surface area contributed by atoms with Gasteiger partial charge in [-0.2, -0.15) is 0 Å². The summed E-state index contributed by atoms with van der Waals surface area (Å²) in [6, 6.07) is 0.143. The van der Waals surface area contributed by atoms with Crippen LogP contribution in [0.3, 0.4) is 0 Å². The number of hydrogen-bond donors (Lipinski definition) is 0. The molecule has 0 N–H and O–H groups in total. The van der Waals surface area contributed by atoms with Crippen molar-refractivity contribution in [2.45, 2.75) is 72.4 Å². The first-order chi connectivity index (χ1) is 12.8. The van der Waals surface area contributed by atoms with E-state index >= 15 is 0 Å². The zero-order valence-corrected chi connectivity index (χ0v) is 19.8. The van der Waals surface area contributed by atoms with Crippen molar-refractivity contribution < 1.29 is 35.3 Å². The fraction of sp³-hybridized carbons (Fsp3) is 1.00. The van der Waals surface area contributed by atoms with Gasteiger partial charge in [0.15, 0.2) is 0 Å². The van der Waals surface area contributed by atoms with Crippen molar-refractivity contribution in [3.63, 3.8) is 0 Å². The molecule has 0 rings (SSSR count). The molecule has 0 aliphatic rings. The molecular formula is C17H38F2O6Si2. The molecule has 0 heterocycles. The zero-order chi connectivity index (χ0) is 20.8. The molecule has 0 spiro atoms. The van der Waals surface area contributed by atoms with E-state index in [1.165, 1.54) is 0 Å². The van der Waals surface area contributed by atoms with Gasteiger partial charge < -0.3 is 26.6 Å². The second kappa shape index (κ2) is 14.1. The van der Waals surface area contributed by atoms with Crippen molar-refractivity contribution >= 4 is 17.6 Å². The van der Waals surface area contributed by atoms with Crippen molar-refractivity contribution in [2.24, 2.45) is 0 Å². The molecule has 0 aliphatic heterocycles. The minimum absolute atomic E-state index is 0.0714. The molecule has 6 nitrogen and oxygen atoms in total. The predicted molar refractivity (Wildman–Crippen MR) is 105 cm³/mol. The molecule has 0 aromatic rings. The molecule has 10 heteroatoms. The van der Waals surface area contributed by atoms with Gasteiger partial charge in [0.2, 0.25) is 5.92 Å². The number of rotatable bonds is 18. The molecule has 0 fully saturated rings. The predicted octanol–water partition coefficient (Wildman–Crippen LogP) is 4.50. The second-order valence-electron chi connectivity index (χ2n) is 5.82. The highest BCUT2D eigenvalue weighted by molar-refractivity contribution is 6.61. The molecule has 0 aromatic heterocycles. The lowest BCUT2D eigenvalue weighted by Gasteiger charge is -2.31. The smallest absolute Gasteiger partial charge is 0.374 e. The normalized spacial score (nSPS) is 13.3. The van der Waals surface area contributed by atoms with Crippen LogP contribution >= 0.6 is 0 Å². The standard InChI is InChI=1S/C17H38F2O6Si2/c1-7-20-26(21-8-2,22-9-3)15-13-17(18,19)14-16-27(23-10-4,24-11-5)25-12-6/h7-16H2,1-6H3. The molecule has 164 valence electrons. The summed E-state index contributed by atoms with van der Waals surface area (Å²) < 4.78 is 63.3. The Bertz CT molecular complexity index is 311. The quantitative estimate of drug-likeness (QED) is 0.297. The van der Waals surface area contributed by atoms with Crippen LogP contribution in [-0.4, -0.2) is 63.2 Å². The number of halogens is 2. The lowest BCUT2D eigenvalue weighted by Crippen LogP contribution is -2.48. The summed E-state index contributed by atoms with van der Waals surface area (Å²) in [4.78, 5) is 0. The second-order valence-corrected chi connectivity index (χ2v) is 11.3. The van der Waals surface area contributed by atoms with Gasteiger partial charge in [0.1, 0.15) is 0 Å². The molecule has 0 amide bonds. The van der Waals surface area contributed by atoms with Gasteiger partial charge in [0.25, 0.3) is 0 Å². The highest BCUT2D eigenvalue weighted by Crippen LogP contribution is 2.33. The average molecular weight is 433 g/mol. The average Bonchev–Trinajstić information content (AvgIpc) is 2.60. The van der Waals surface area contributed by atoms with Crippen molar-refractivity contribution in [1.29, 1.82) is 0 Å². The fourth-order valence-corrected chi connectivity index (χ4v) is 8.15. The SMILES string of the molecule is CCO[Si](CCC(F)(F)CC[Si](OCC)(OCC)OCC)(OCC)OCC. The summed E-state index contributed by atoms with van der Waals surface area (Å²) >= 11 is 0. The van der Waals surface area contributed by atoms with E-state index < -0.39 is 23.5 Å². The lowest BCUT2D eigenvalue weighted by molar-refractivity contribution is -0.0221. The Balaban J connectivity index is 5.00. The van der Waals surface area contributed by atoms with Crippen molar-refractivity contribution in [1.82, 2.24) is 0 Å². The molecule has 0 atom stereocenters. The van der Waals surface area contributed by atoms with Crippen molar-refractivity contribution in [3.8, 4) is 0 Å². The minimum atomic E-state index is -3.09. The maximum atomic E-state index is 14.6. The van der Waals surface area contributed by atoms with E-state index in [2.05, 4.69) is 0 Å². The van der Waals surface area contributed by atoms with Gasteiger partial charge >= 0.3 is 17.6 Å². The first kappa shape index (κ1) is 27.1. The van der Waals surface area contributed by atoms with Crippen LogP contribution in [-0.2, 0) is 26.6 Å². The maximum absolute atomic E-state index is 14.6. The van der Waals surface area contributed by atoms with Gasteiger partial charge in [0, 0.05) is 64.6 Å². The molecule has 27 heavy (non-hydrogen) atoms. The third-order valence-corrected chi connectivity index (χ3v) is 9.88. The zero-order valence-electron chi connectivity index (χ0n) is 17.8. The summed E-state index contributed by atoms with van der Waals surface area (Å²) in [6.07, 6.45) is -0.734. The largest absolute Gasteiger partial charge is 0.501 e. The third kappa shape index (κ3) is 10.4. The monoisotopic (exact) mass is 432 g/mol. The Morgan fingerprint density at radius 2 is 0.741 bits per heavy atom. The number of hydrogen-bond acceptors (Lipinski definition) is 6. The van der Waals surface area contributed by atoms with E-state index in [0.29, 0.717) is 39.6 Å². The van der Waals surface area contributed by atoms with Crippen LogP contribution in [0.15, 0.2) is 0 Å². The molecule has 0 radical (unpaired) electrons. The van der Waals surface area contributed by atoms with Crippen LogP contribution in [0.5, 0.6) is 0 Å². The maximum Gasteiger partial charge on any atom is 0.501 e. The van der Waals surface area contributed by atoms with E-state index in [-0.39, 0.29) is 24.9 Å². The summed E-state index contributed by atoms with van der Waals surface area (Å²) in [5.41, 5.74) is 0. The molecule has 0 unspecified atom stereocenters. The van der Waals surface area contributed by atoms with E-state index in [4.69, 9.17) is 26.6 Å². The molecule has 0 saturated carbocycles. The van der Waals surface area contributed by atoms with Crippen LogP contribution in [0.1, 0.15) is 54.4 Å². The van der Waals surface area contributed by atoms with E-state index in [0.717, 1.165) is 0 Å². The molecular weight excluding hydrogens is 394 g/mol. The first-order valence-electron chi connectivity index (χ1n) is 9.99. The molecule has 0 aromatic carbocycles. The van der Waals surface area contributed by atoms with Gasteiger partial charge in [-0.25, -0.2) is 8.78 Å². The minimum Gasteiger partial charge on any atom is -0.374 e. The Morgan fingerprint density at radius 3 is 0.926 bits per heavy atom. The van der Waals surface area contributed by atoms with E-state index in [1.807, 2.05) is 41.5 Å². The Kier molecular flexibility index (Phi) is 14.1. The molecule has 0 bridgehead atoms. The van der Waals surface area contributed by atoms with Crippen LogP contribution in [0.4, 0.5) is 8.78 Å². The summed E-state index contributed by atoms with van der Waals surface area (Å²) in [5, 5.41) is 0. The van der Waals surface area contributed by atoms with Gasteiger partial charge in [-0.05, 0) is 41.5 Å². The number of alkyl halides is 2. The first-order valence-corrected chi connectivity index (χ1v) is 13.9. The Hall–Kier alpha value is 0.0538. The summed E-state index contributed by atoms with van der Waals surface area (Å²) in [5.74, 6) is -2.91. The highest BCUT2D eigenvalue weighted by atomic mass is 28.4. The summed E-state index contributed by atoms with van der Waals surface area (Å²) in [6.45, 7) is 13.1. The van der Waals surface area contributed by atoms with Crippen molar-refractivity contribution in [3.05, 3.63) is 0 Å². The Morgan fingerprint density at radius 1 is 0.519 bits per heavy atom. The summed E-state index contributed by atoms with van der Waals surface area (Å²) in [7, 11) is -6.18. The molecule has 0 aliphatic carbocycles. The highest BCUT2D eigenvalue weighted by Gasteiger charge is 2.47. The fourth-order valence-electron chi connectivity index (χ4n) is 2.80. The Labute approximate surface area is 165 Å². The van der Waals surface area contributed by atoms with Gasteiger partial charge in [-0.1, -0.05) is 0 Å². The van der Waals surface area contributed by atoms with E-state index in [1.54, 1.807) is 0 Å². The van der Waals surface area contributed by atoms with Crippen LogP contribution in [0.25, 0.3) is 0 Å². The van der Waals surface area contributed by atoms with Crippen LogP contribution in [0, 0.1) is 0 Å². The van der Waals surface area contributed by atoms with Gasteiger partial charge in [-0.15, -0.1) is 0 Å². The van der Waals surface area contributed by atoms with Gasteiger partial charge in [-0.3, -0.25) is 0 Å². The van der Waals surface area contributed by atoms with Crippen LogP contribution < -0.4 is 0 Å².